The Balaban J connectivity index is 4.34. The van der Waals surface area contributed by atoms with Gasteiger partial charge in [-0.25, -0.2) is 11.8 Å². The van der Waals surface area contributed by atoms with Gasteiger partial charge in [0.25, 0.3) is 0 Å². The van der Waals surface area contributed by atoms with Crippen LogP contribution < -0.4 is 0 Å². The van der Waals surface area contributed by atoms with Crippen molar-refractivity contribution in [3.8, 4) is 107 Å². The molecule has 0 unspecified atom stereocenters. The highest BCUT2D eigenvalue weighted by Gasteiger charge is 1.56. The lowest BCUT2D eigenvalue weighted by Gasteiger charge is -1.63. The Morgan fingerprint density at radius 3 is 0.550 bits per heavy atom. The van der Waals surface area contributed by atoms with Crippen LogP contribution in [0.3, 0.4) is 0 Å². The molecule has 0 bridgehead atoms. The molecule has 0 aliphatic carbocycles. The van der Waals surface area contributed by atoms with Crippen LogP contribution in [0.15, 0.2) is 0 Å². The quantitative estimate of drug-likeness (QED) is 0.419. The summed E-state index contributed by atoms with van der Waals surface area (Å²) in [5.41, 5.74) is 0. The minimum atomic E-state index is 1.87. The molecule has 0 aliphatic rings. The Hall–Kier alpha value is -4.40. The van der Waals surface area contributed by atoms with Crippen LogP contribution in [0.1, 0.15) is 0 Å². The van der Waals surface area contributed by atoms with E-state index >= 15 is 0 Å². The van der Waals surface area contributed by atoms with Gasteiger partial charge in [-0.2, -0.15) is 0 Å². The van der Waals surface area contributed by atoms with Crippen molar-refractivity contribution in [1.29, 1.82) is 0 Å². The van der Waals surface area contributed by atoms with Crippen LogP contribution in [-0.2, 0) is 0 Å². The summed E-state index contributed by atoms with van der Waals surface area (Å²) in [6.45, 7) is 0. The summed E-state index contributed by atoms with van der Waals surface area (Å²) < 4.78 is 0. The molecule has 0 aromatic carbocycles. The molecule has 0 aliphatic heterocycles. The van der Waals surface area contributed by atoms with E-state index in [1.54, 1.807) is 0 Å². The molecule has 0 saturated heterocycles. The lowest BCUT2D eigenvalue weighted by Crippen LogP contribution is -1.56. The van der Waals surface area contributed by atoms with Gasteiger partial charge in [-0.05, 0) is 71.0 Å². The normalized spacial score (nSPS) is 3.70. The molecule has 0 spiro atoms. The molecule has 0 saturated carbocycles. The first kappa shape index (κ1) is 15.6. The highest BCUT2D eigenvalue weighted by atomic mass is 13.6. The number of hydrogen-bond donors (Lipinski definition) is 0. The first-order chi connectivity index (χ1) is 9.91. The zero-order valence-corrected chi connectivity index (χ0v) is 10.0. The average Bonchev–Trinajstić information content (AvgIpc) is 2.47. The van der Waals surface area contributed by atoms with Crippen molar-refractivity contribution in [2.45, 2.75) is 0 Å². The molecule has 0 aromatic heterocycles. The molecule has 0 heterocycles. The third-order valence-electron chi connectivity index (χ3n) is 1.06. The van der Waals surface area contributed by atoms with Crippen LogP contribution in [0.25, 0.3) is 0 Å². The van der Waals surface area contributed by atoms with Crippen molar-refractivity contribution >= 4 is 0 Å². The van der Waals surface area contributed by atoms with E-state index in [-0.39, 0.29) is 0 Å². The molecule has 0 heteroatoms. The fourth-order valence-corrected chi connectivity index (χ4v) is 0.500. The first-order valence-corrected chi connectivity index (χ1v) is 4.75. The number of rotatable bonds is 0. The second-order valence-electron chi connectivity index (χ2n) is 2.25. The average molecular weight is 240 g/mol. The Labute approximate surface area is 120 Å². The fraction of sp³-hybridized carbons (Fsp3) is 0. The molecule has 0 radical (unpaired) electrons. The molecular weight excluding hydrogens is 240 g/mol. The van der Waals surface area contributed by atoms with Gasteiger partial charge in [0.2, 0.25) is 0 Å². The zero-order valence-electron chi connectivity index (χ0n) is 10.0. The van der Waals surface area contributed by atoms with Gasteiger partial charge in [0.15, 0.2) is 0 Å². The Morgan fingerprint density at radius 2 is 0.400 bits per heavy atom. The van der Waals surface area contributed by atoms with Crippen molar-refractivity contribution in [1.82, 2.24) is 0 Å². The summed E-state index contributed by atoms with van der Waals surface area (Å²) in [6.07, 6.45) is 13.0. The minimum absolute atomic E-state index is 1.87. The predicted molar refractivity (Wildman–Crippen MR) is 76.5 cm³/mol. The highest BCUT2D eigenvalue weighted by molar-refractivity contribution is 5.46. The van der Waals surface area contributed by atoms with Crippen molar-refractivity contribution in [3.05, 3.63) is 12.8 Å². The van der Waals surface area contributed by atoms with Crippen LogP contribution in [0.4, 0.5) is 0 Å². The van der Waals surface area contributed by atoms with E-state index in [2.05, 4.69) is 94.7 Å². The topological polar surface area (TPSA) is 0 Å². The molecule has 0 atom stereocenters. The molecule has 0 nitrogen and oxygen atoms in total. The maximum absolute atomic E-state index is 6.48. The van der Waals surface area contributed by atoms with E-state index in [1.807, 2.05) is 11.8 Å². The van der Waals surface area contributed by atoms with Crippen LogP contribution in [0.2, 0.25) is 0 Å². The smallest absolute Gasteiger partial charge is 0.0000000000249 e. The maximum atomic E-state index is 6.48. The predicted octanol–water partition coefficient (Wildman–Crippen LogP) is 0.193. The van der Waals surface area contributed by atoms with Crippen LogP contribution >= 0.6 is 0 Å². The molecule has 0 rings (SSSR count). The summed E-state index contributed by atoms with van der Waals surface area (Å²) in [5.74, 6) is 42.0. The van der Waals surface area contributed by atoms with Gasteiger partial charge in [-0.3, -0.25) is 11.8 Å². The third kappa shape index (κ3) is 13.6. The lowest BCUT2D eigenvalue weighted by atomic mass is 10.5. The van der Waals surface area contributed by atoms with Gasteiger partial charge < -0.3 is 12.8 Å². The standard InChI is InChI=1S/C20/c1-3-5-7-9-11-13-15-17-19-20-18-16-14-12-10-8-6-4-2/q-2. The molecule has 82 valence electrons. The summed E-state index contributed by atoms with van der Waals surface area (Å²) in [5, 5.41) is 0. The van der Waals surface area contributed by atoms with Crippen molar-refractivity contribution in [2.75, 3.05) is 0 Å². The largest absolute Gasteiger partial charge is 0.358 e. The Morgan fingerprint density at radius 1 is 0.250 bits per heavy atom. The highest BCUT2D eigenvalue weighted by Crippen LogP contribution is 1.58. The summed E-state index contributed by atoms with van der Waals surface area (Å²) in [7, 11) is 0. The van der Waals surface area contributed by atoms with Gasteiger partial charge in [0.1, 0.15) is 0 Å². The van der Waals surface area contributed by atoms with E-state index in [4.69, 9.17) is 12.8 Å². The summed E-state index contributed by atoms with van der Waals surface area (Å²) in [4.78, 5) is 0. The number of hydrogen-bond acceptors (Lipinski definition) is 0. The molecule has 0 N–H and O–H groups in total. The monoisotopic (exact) mass is 240 g/mol. The van der Waals surface area contributed by atoms with Crippen LogP contribution in [0, 0.1) is 119 Å². The molecule has 0 amide bonds. The van der Waals surface area contributed by atoms with E-state index in [9.17, 15) is 0 Å². The fourth-order valence-electron chi connectivity index (χ4n) is 0.500. The molecule has 0 fully saturated rings. The second-order valence-corrected chi connectivity index (χ2v) is 2.25. The minimum Gasteiger partial charge on any atom is -0.358 e. The van der Waals surface area contributed by atoms with Gasteiger partial charge >= 0.3 is 0 Å². The Bertz CT molecular complexity index is 857. The van der Waals surface area contributed by atoms with E-state index in [0.29, 0.717) is 0 Å². The van der Waals surface area contributed by atoms with Crippen molar-refractivity contribution in [3.63, 3.8) is 0 Å². The van der Waals surface area contributed by atoms with Gasteiger partial charge in [0.05, 0.1) is 0 Å². The van der Waals surface area contributed by atoms with Gasteiger partial charge in [-0.15, -0.1) is 11.8 Å². The Kier molecular flexibility index (Phi) is 11.4. The van der Waals surface area contributed by atoms with E-state index in [1.165, 1.54) is 0 Å². The van der Waals surface area contributed by atoms with Crippen LogP contribution in [0.5, 0.6) is 0 Å². The van der Waals surface area contributed by atoms with Crippen LogP contribution in [-0.4, -0.2) is 0 Å². The third-order valence-corrected chi connectivity index (χ3v) is 1.06. The SMILES string of the molecule is [C-]#CC#CC#CC#CC#CC#CC#CC#CC#CC#[C-]. The molecular formula is C20-2. The molecule has 20 heavy (non-hydrogen) atoms. The zero-order chi connectivity index (χ0) is 14.7. The first-order valence-electron chi connectivity index (χ1n) is 4.75. The maximum Gasteiger partial charge on any atom is -0.0000000000249 e. The second kappa shape index (κ2) is 14.6. The summed E-state index contributed by atoms with van der Waals surface area (Å²) >= 11 is 0. The van der Waals surface area contributed by atoms with E-state index in [0.717, 1.165) is 0 Å². The van der Waals surface area contributed by atoms with E-state index < -0.39 is 0 Å². The van der Waals surface area contributed by atoms with Crippen molar-refractivity contribution < 1.29 is 0 Å². The summed E-state index contributed by atoms with van der Waals surface area (Å²) in [6, 6.07) is 0. The lowest BCUT2D eigenvalue weighted by molar-refractivity contribution is 2.32. The molecule has 0 aromatic rings. The van der Waals surface area contributed by atoms with Gasteiger partial charge in [-0.1, -0.05) is 0 Å². The van der Waals surface area contributed by atoms with Crippen molar-refractivity contribution in [2.24, 2.45) is 0 Å². The van der Waals surface area contributed by atoms with Gasteiger partial charge in [0, 0.05) is 0 Å².